The molecule has 1 aromatic rings. The molecule has 2 N–H and O–H groups in total. The van der Waals surface area contributed by atoms with Crippen molar-refractivity contribution in [1.82, 2.24) is 9.62 Å². The Labute approximate surface area is 129 Å². The lowest BCUT2D eigenvalue weighted by atomic mass is 9.98. The first kappa shape index (κ1) is 16.3. The smallest absolute Gasteiger partial charge is 0.319 e. The molecule has 8 heteroatoms. The third-order valence-corrected chi connectivity index (χ3v) is 5.79. The van der Waals surface area contributed by atoms with Crippen LogP contribution < -0.4 is 10.6 Å². The van der Waals surface area contributed by atoms with Gasteiger partial charge in [-0.15, -0.1) is 11.3 Å². The number of carbonyl (C=O) groups is 1. The van der Waals surface area contributed by atoms with Gasteiger partial charge in [0.2, 0.25) is 10.0 Å². The van der Waals surface area contributed by atoms with Crippen molar-refractivity contribution in [3.05, 3.63) is 17.0 Å². The highest BCUT2D eigenvalue weighted by atomic mass is 32.2. The van der Waals surface area contributed by atoms with Gasteiger partial charge in [0.15, 0.2) is 0 Å². The largest absolute Gasteiger partial charge is 0.338 e. The molecule has 0 aromatic carbocycles. The minimum Gasteiger partial charge on any atom is -0.338 e. The second-order valence-corrected chi connectivity index (χ2v) is 8.62. The Bertz CT molecular complexity index is 590. The van der Waals surface area contributed by atoms with Crippen LogP contribution in [0.5, 0.6) is 0 Å². The fourth-order valence-electron chi connectivity index (χ4n) is 2.34. The zero-order valence-electron chi connectivity index (χ0n) is 12.3. The predicted octanol–water partition coefficient (Wildman–Crippen LogP) is 1.85. The number of anilines is 1. The molecule has 21 heavy (non-hydrogen) atoms. The standard InChI is InChI=1S/C13H21N3O3S2/c1-10-3-4-12(20-10)15-13(17)14-9-11-5-7-16(8-6-11)21(2,18)19/h3-4,11H,5-9H2,1-2H3,(H2,14,15,17). The van der Waals surface area contributed by atoms with Gasteiger partial charge in [0, 0.05) is 24.5 Å². The van der Waals surface area contributed by atoms with Crippen molar-refractivity contribution in [3.63, 3.8) is 0 Å². The number of piperidine rings is 1. The Kier molecular flexibility index (Phi) is 5.23. The number of amides is 2. The number of sulfonamides is 1. The fourth-order valence-corrected chi connectivity index (χ4v) is 3.98. The first-order valence-electron chi connectivity index (χ1n) is 6.91. The molecule has 1 fully saturated rings. The average Bonchev–Trinajstić information content (AvgIpc) is 2.81. The van der Waals surface area contributed by atoms with Crippen LogP contribution in [0.4, 0.5) is 9.80 Å². The fraction of sp³-hybridized carbons (Fsp3) is 0.615. The van der Waals surface area contributed by atoms with Gasteiger partial charge >= 0.3 is 6.03 Å². The lowest BCUT2D eigenvalue weighted by Crippen LogP contribution is -2.41. The van der Waals surface area contributed by atoms with Gasteiger partial charge in [0.1, 0.15) is 0 Å². The van der Waals surface area contributed by atoms with Crippen LogP contribution in [-0.4, -0.2) is 44.6 Å². The minimum atomic E-state index is -3.08. The second kappa shape index (κ2) is 6.76. The van der Waals surface area contributed by atoms with E-state index in [4.69, 9.17) is 0 Å². The molecule has 0 aliphatic carbocycles. The van der Waals surface area contributed by atoms with Gasteiger partial charge in [0.25, 0.3) is 0 Å². The maximum absolute atomic E-state index is 11.8. The van der Waals surface area contributed by atoms with Crippen LogP contribution in [0.15, 0.2) is 12.1 Å². The number of aryl methyl sites for hydroxylation is 1. The molecule has 0 atom stereocenters. The number of thiophene rings is 1. The van der Waals surface area contributed by atoms with Gasteiger partial charge in [-0.2, -0.15) is 0 Å². The Morgan fingerprint density at radius 3 is 2.57 bits per heavy atom. The Hall–Kier alpha value is -1.12. The highest BCUT2D eigenvalue weighted by Crippen LogP contribution is 2.21. The number of hydrogen-bond acceptors (Lipinski definition) is 4. The summed E-state index contributed by atoms with van der Waals surface area (Å²) < 4.78 is 24.3. The molecule has 1 saturated heterocycles. The van der Waals surface area contributed by atoms with Crippen LogP contribution in [0.1, 0.15) is 17.7 Å². The molecule has 1 aliphatic rings. The Morgan fingerprint density at radius 2 is 2.05 bits per heavy atom. The molecule has 0 bridgehead atoms. The van der Waals surface area contributed by atoms with Crippen molar-refractivity contribution >= 4 is 32.4 Å². The molecule has 0 unspecified atom stereocenters. The molecule has 2 rings (SSSR count). The summed E-state index contributed by atoms with van der Waals surface area (Å²) >= 11 is 1.54. The Morgan fingerprint density at radius 1 is 1.38 bits per heavy atom. The van der Waals surface area contributed by atoms with Crippen LogP contribution >= 0.6 is 11.3 Å². The van der Waals surface area contributed by atoms with Gasteiger partial charge < -0.3 is 5.32 Å². The minimum absolute atomic E-state index is 0.206. The molecular formula is C13H21N3O3S2. The summed E-state index contributed by atoms with van der Waals surface area (Å²) in [7, 11) is -3.08. The summed E-state index contributed by atoms with van der Waals surface area (Å²) in [4.78, 5) is 12.9. The lowest BCUT2D eigenvalue weighted by Gasteiger charge is -2.30. The predicted molar refractivity (Wildman–Crippen MR) is 85.2 cm³/mol. The number of nitrogens with zero attached hydrogens (tertiary/aromatic N) is 1. The molecule has 0 spiro atoms. The summed E-state index contributed by atoms with van der Waals surface area (Å²) in [6.07, 6.45) is 2.80. The molecule has 118 valence electrons. The van der Waals surface area contributed by atoms with Crippen molar-refractivity contribution in [2.45, 2.75) is 19.8 Å². The first-order chi connectivity index (χ1) is 9.84. The van der Waals surface area contributed by atoms with Crippen molar-refractivity contribution < 1.29 is 13.2 Å². The van der Waals surface area contributed by atoms with E-state index in [-0.39, 0.29) is 6.03 Å². The molecular weight excluding hydrogens is 310 g/mol. The van der Waals surface area contributed by atoms with Gasteiger partial charge in [-0.3, -0.25) is 5.32 Å². The van der Waals surface area contributed by atoms with Crippen LogP contribution in [-0.2, 0) is 10.0 Å². The molecule has 2 heterocycles. The number of hydrogen-bond donors (Lipinski definition) is 2. The average molecular weight is 331 g/mol. The summed E-state index contributed by atoms with van der Waals surface area (Å²) in [5.41, 5.74) is 0. The Balaban J connectivity index is 1.71. The van der Waals surface area contributed by atoms with Crippen LogP contribution in [0.2, 0.25) is 0 Å². The summed E-state index contributed by atoms with van der Waals surface area (Å²) in [5.74, 6) is 0.332. The third-order valence-electron chi connectivity index (χ3n) is 3.57. The normalized spacial score (nSPS) is 17.6. The lowest BCUT2D eigenvalue weighted by molar-refractivity contribution is 0.241. The van der Waals surface area contributed by atoms with Crippen LogP contribution in [0.25, 0.3) is 0 Å². The highest BCUT2D eigenvalue weighted by Gasteiger charge is 2.24. The summed E-state index contributed by atoms with van der Waals surface area (Å²) in [6, 6.07) is 3.63. The topological polar surface area (TPSA) is 78.5 Å². The molecule has 0 radical (unpaired) electrons. The summed E-state index contributed by atoms with van der Waals surface area (Å²) in [6.45, 7) is 3.64. The zero-order chi connectivity index (χ0) is 15.5. The number of carbonyl (C=O) groups excluding carboxylic acids is 1. The third kappa shape index (κ3) is 4.98. The van der Waals surface area contributed by atoms with E-state index in [1.807, 2.05) is 19.1 Å². The maximum Gasteiger partial charge on any atom is 0.319 e. The van der Waals surface area contributed by atoms with Gasteiger partial charge in [0.05, 0.1) is 11.3 Å². The van der Waals surface area contributed by atoms with Crippen molar-refractivity contribution in [2.75, 3.05) is 31.2 Å². The van der Waals surface area contributed by atoms with E-state index < -0.39 is 10.0 Å². The zero-order valence-corrected chi connectivity index (χ0v) is 13.9. The van der Waals surface area contributed by atoms with Gasteiger partial charge in [-0.05, 0) is 37.8 Å². The number of nitrogens with one attached hydrogen (secondary N) is 2. The highest BCUT2D eigenvalue weighted by molar-refractivity contribution is 7.88. The van der Waals surface area contributed by atoms with Crippen molar-refractivity contribution in [1.29, 1.82) is 0 Å². The summed E-state index contributed by atoms with van der Waals surface area (Å²) in [5, 5.41) is 6.48. The van der Waals surface area contributed by atoms with E-state index >= 15 is 0 Å². The van der Waals surface area contributed by atoms with Crippen molar-refractivity contribution in [3.8, 4) is 0 Å². The van der Waals surface area contributed by atoms with E-state index in [9.17, 15) is 13.2 Å². The van der Waals surface area contributed by atoms with Gasteiger partial charge in [-0.1, -0.05) is 0 Å². The van der Waals surface area contributed by atoms with E-state index in [2.05, 4.69) is 10.6 Å². The quantitative estimate of drug-likeness (QED) is 0.884. The maximum atomic E-state index is 11.8. The molecule has 0 saturated carbocycles. The van der Waals surface area contributed by atoms with Gasteiger partial charge in [-0.25, -0.2) is 17.5 Å². The van der Waals surface area contributed by atoms with Crippen molar-refractivity contribution in [2.24, 2.45) is 5.92 Å². The number of urea groups is 1. The first-order valence-corrected chi connectivity index (χ1v) is 9.57. The SMILES string of the molecule is Cc1ccc(NC(=O)NCC2CCN(S(C)(=O)=O)CC2)s1. The van der Waals surface area contributed by atoms with Crippen LogP contribution in [0.3, 0.4) is 0 Å². The molecule has 6 nitrogen and oxygen atoms in total. The van der Waals surface area contributed by atoms with E-state index in [1.165, 1.54) is 21.9 Å². The van der Waals surface area contributed by atoms with Crippen LogP contribution in [0, 0.1) is 12.8 Å². The monoisotopic (exact) mass is 331 g/mol. The second-order valence-electron chi connectivity index (χ2n) is 5.35. The number of rotatable bonds is 4. The van der Waals surface area contributed by atoms with E-state index in [1.54, 1.807) is 0 Å². The molecule has 1 aromatic heterocycles. The van der Waals surface area contributed by atoms with E-state index in [0.717, 1.165) is 22.7 Å². The molecule has 1 aliphatic heterocycles. The molecule has 2 amide bonds. The van der Waals surface area contributed by atoms with E-state index in [0.29, 0.717) is 25.6 Å².